The molecule has 0 saturated carbocycles. The maximum atomic E-state index is 11.9. The normalized spacial score (nSPS) is 9.90. The van der Waals surface area contributed by atoms with E-state index in [0.717, 1.165) is 6.26 Å². The molecule has 1 amide bonds. The van der Waals surface area contributed by atoms with Crippen molar-refractivity contribution in [1.29, 1.82) is 0 Å². The van der Waals surface area contributed by atoms with Gasteiger partial charge in [0.2, 0.25) is 5.88 Å². The number of rotatable bonds is 4. The van der Waals surface area contributed by atoms with Gasteiger partial charge in [0.15, 0.2) is 5.76 Å². The van der Waals surface area contributed by atoms with Crippen LogP contribution < -0.4 is 10.1 Å². The third-order valence-corrected chi connectivity index (χ3v) is 2.45. The van der Waals surface area contributed by atoms with Crippen LogP contribution in [0, 0.1) is 0 Å². The Bertz CT molecular complexity index is 618. The number of carbonyl (C=O) groups excluding carboxylic acids is 2. The summed E-state index contributed by atoms with van der Waals surface area (Å²) in [6, 6.07) is 4.55. The molecule has 2 rings (SSSR count). The van der Waals surface area contributed by atoms with Crippen LogP contribution in [0.2, 0.25) is 0 Å². The minimum atomic E-state index is -0.570. The van der Waals surface area contributed by atoms with Crippen molar-refractivity contribution >= 4 is 17.6 Å². The highest BCUT2D eigenvalue weighted by Gasteiger charge is 2.15. The van der Waals surface area contributed by atoms with Gasteiger partial charge in [-0.05, 0) is 6.07 Å². The molecular formula is C13H12N2O5. The number of esters is 1. The summed E-state index contributed by atoms with van der Waals surface area (Å²) in [4.78, 5) is 27.1. The minimum Gasteiger partial charge on any atom is -0.481 e. The Labute approximate surface area is 114 Å². The van der Waals surface area contributed by atoms with Crippen LogP contribution in [0.15, 0.2) is 35.1 Å². The molecule has 0 radical (unpaired) electrons. The van der Waals surface area contributed by atoms with Crippen LogP contribution in [0.3, 0.4) is 0 Å². The molecule has 2 aromatic rings. The average Bonchev–Trinajstić information content (AvgIpc) is 2.97. The first-order chi connectivity index (χ1) is 9.63. The molecule has 0 aliphatic heterocycles. The first kappa shape index (κ1) is 13.6. The highest BCUT2D eigenvalue weighted by molar-refractivity contribution is 6.03. The molecule has 0 atom stereocenters. The zero-order chi connectivity index (χ0) is 14.5. The first-order valence-corrected chi connectivity index (χ1v) is 5.62. The number of pyridine rings is 1. The van der Waals surface area contributed by atoms with Crippen LogP contribution in [0.25, 0.3) is 0 Å². The molecule has 0 aromatic carbocycles. The number of anilines is 1. The minimum absolute atomic E-state index is 0.00113. The van der Waals surface area contributed by atoms with Crippen molar-refractivity contribution in [3.05, 3.63) is 42.0 Å². The lowest BCUT2D eigenvalue weighted by Gasteiger charge is -2.03. The number of furan rings is 1. The fourth-order valence-corrected chi connectivity index (χ4v) is 1.45. The molecule has 104 valence electrons. The molecule has 0 aliphatic carbocycles. The predicted octanol–water partition coefficient (Wildman–Crippen LogP) is 1.72. The van der Waals surface area contributed by atoms with E-state index in [4.69, 9.17) is 9.15 Å². The van der Waals surface area contributed by atoms with Crippen molar-refractivity contribution in [1.82, 2.24) is 4.98 Å². The van der Waals surface area contributed by atoms with Gasteiger partial charge in [-0.25, -0.2) is 9.78 Å². The van der Waals surface area contributed by atoms with Crippen molar-refractivity contribution in [2.75, 3.05) is 19.5 Å². The number of methoxy groups -OCH3 is 2. The lowest BCUT2D eigenvalue weighted by atomic mass is 10.3. The summed E-state index contributed by atoms with van der Waals surface area (Å²) in [6.07, 6.45) is 2.61. The van der Waals surface area contributed by atoms with Gasteiger partial charge >= 0.3 is 5.97 Å². The molecule has 2 aromatic heterocycles. The van der Waals surface area contributed by atoms with E-state index >= 15 is 0 Å². The van der Waals surface area contributed by atoms with E-state index in [2.05, 4.69) is 15.0 Å². The average molecular weight is 276 g/mol. The number of carbonyl (C=O) groups is 2. The van der Waals surface area contributed by atoms with Gasteiger partial charge < -0.3 is 19.2 Å². The number of amides is 1. The molecule has 0 saturated heterocycles. The number of aromatic nitrogens is 1. The quantitative estimate of drug-likeness (QED) is 0.855. The largest absolute Gasteiger partial charge is 0.481 e. The van der Waals surface area contributed by atoms with Crippen molar-refractivity contribution in [2.45, 2.75) is 0 Å². The van der Waals surface area contributed by atoms with E-state index in [1.54, 1.807) is 12.1 Å². The molecule has 7 heteroatoms. The van der Waals surface area contributed by atoms with Gasteiger partial charge in [-0.3, -0.25) is 4.79 Å². The highest BCUT2D eigenvalue weighted by atomic mass is 16.5. The van der Waals surface area contributed by atoms with Gasteiger partial charge in [-0.15, -0.1) is 0 Å². The second kappa shape index (κ2) is 5.87. The maximum Gasteiger partial charge on any atom is 0.341 e. The van der Waals surface area contributed by atoms with Crippen molar-refractivity contribution in [3.63, 3.8) is 0 Å². The zero-order valence-corrected chi connectivity index (χ0v) is 10.9. The Morgan fingerprint density at radius 2 is 2.10 bits per heavy atom. The summed E-state index contributed by atoms with van der Waals surface area (Å²) < 4.78 is 14.4. The van der Waals surface area contributed by atoms with Gasteiger partial charge in [0.05, 0.1) is 31.7 Å². The third kappa shape index (κ3) is 2.94. The Kier molecular flexibility index (Phi) is 3.99. The SMILES string of the molecule is COC(=O)c1coc(C(=O)Nc2ccc(OC)nc2)c1. The van der Waals surface area contributed by atoms with Crippen LogP contribution in [-0.4, -0.2) is 31.1 Å². The van der Waals surface area contributed by atoms with E-state index in [0.29, 0.717) is 11.6 Å². The Morgan fingerprint density at radius 1 is 1.30 bits per heavy atom. The highest BCUT2D eigenvalue weighted by Crippen LogP contribution is 2.14. The zero-order valence-electron chi connectivity index (χ0n) is 10.9. The summed E-state index contributed by atoms with van der Waals surface area (Å²) in [6.45, 7) is 0. The molecular weight excluding hydrogens is 264 g/mol. The molecule has 0 fully saturated rings. The smallest absolute Gasteiger partial charge is 0.341 e. The van der Waals surface area contributed by atoms with E-state index in [1.807, 2.05) is 0 Å². The molecule has 0 bridgehead atoms. The fourth-order valence-electron chi connectivity index (χ4n) is 1.45. The summed E-state index contributed by atoms with van der Waals surface area (Å²) in [5.41, 5.74) is 0.650. The van der Waals surface area contributed by atoms with Gasteiger partial charge in [0, 0.05) is 12.1 Å². The lowest BCUT2D eigenvalue weighted by molar-refractivity contribution is 0.0600. The first-order valence-electron chi connectivity index (χ1n) is 5.62. The predicted molar refractivity (Wildman–Crippen MR) is 68.8 cm³/mol. The van der Waals surface area contributed by atoms with Crippen LogP contribution in [0.1, 0.15) is 20.9 Å². The van der Waals surface area contributed by atoms with Gasteiger partial charge in [0.25, 0.3) is 5.91 Å². The summed E-state index contributed by atoms with van der Waals surface area (Å²) in [5.74, 6) is -0.624. The van der Waals surface area contributed by atoms with E-state index in [1.165, 1.54) is 26.5 Å². The number of ether oxygens (including phenoxy) is 2. The topological polar surface area (TPSA) is 90.7 Å². The number of nitrogens with one attached hydrogen (secondary N) is 1. The molecule has 2 heterocycles. The monoisotopic (exact) mass is 276 g/mol. The van der Waals surface area contributed by atoms with Crippen molar-refractivity contribution in [3.8, 4) is 5.88 Å². The Hall–Kier alpha value is -2.83. The maximum absolute atomic E-state index is 11.9. The van der Waals surface area contributed by atoms with Crippen molar-refractivity contribution < 1.29 is 23.5 Å². The summed E-state index contributed by atoms with van der Waals surface area (Å²) in [5, 5.41) is 2.58. The van der Waals surface area contributed by atoms with Crippen LogP contribution >= 0.6 is 0 Å². The van der Waals surface area contributed by atoms with Crippen LogP contribution in [0.5, 0.6) is 5.88 Å². The second-order valence-electron chi connectivity index (χ2n) is 3.73. The van der Waals surface area contributed by atoms with E-state index < -0.39 is 11.9 Å². The van der Waals surface area contributed by atoms with Crippen LogP contribution in [-0.2, 0) is 4.74 Å². The summed E-state index contributed by atoms with van der Waals surface area (Å²) in [7, 11) is 2.75. The Balaban J connectivity index is 2.07. The second-order valence-corrected chi connectivity index (χ2v) is 3.73. The molecule has 7 nitrogen and oxygen atoms in total. The number of nitrogens with zero attached hydrogens (tertiary/aromatic N) is 1. The standard InChI is InChI=1S/C13H12N2O5/c1-18-11-4-3-9(6-14-11)15-12(16)10-5-8(7-20-10)13(17)19-2/h3-7H,1-2H3,(H,15,16). The lowest BCUT2D eigenvalue weighted by Crippen LogP contribution is -2.11. The molecule has 0 aliphatic rings. The van der Waals surface area contributed by atoms with Crippen molar-refractivity contribution in [2.24, 2.45) is 0 Å². The van der Waals surface area contributed by atoms with Gasteiger partial charge in [0.1, 0.15) is 6.26 Å². The fraction of sp³-hybridized carbons (Fsp3) is 0.154. The van der Waals surface area contributed by atoms with Crippen LogP contribution in [0.4, 0.5) is 5.69 Å². The summed E-state index contributed by atoms with van der Waals surface area (Å²) >= 11 is 0. The molecule has 20 heavy (non-hydrogen) atoms. The molecule has 0 unspecified atom stereocenters. The molecule has 0 spiro atoms. The van der Waals surface area contributed by atoms with Gasteiger partial charge in [-0.1, -0.05) is 0 Å². The van der Waals surface area contributed by atoms with E-state index in [-0.39, 0.29) is 11.3 Å². The number of hydrogen-bond acceptors (Lipinski definition) is 6. The van der Waals surface area contributed by atoms with Gasteiger partial charge in [-0.2, -0.15) is 0 Å². The Morgan fingerprint density at radius 3 is 2.70 bits per heavy atom. The van der Waals surface area contributed by atoms with E-state index in [9.17, 15) is 9.59 Å². The number of hydrogen-bond donors (Lipinski definition) is 1. The third-order valence-electron chi connectivity index (χ3n) is 2.45. The molecule has 1 N–H and O–H groups in total.